The SMILES string of the molecule is CC.O=c1c(S(=O)(=O)N2CCCCC2)cn(-c2nccs2)c2nc(N3CCCCC3)ccc12. The molecule has 3 aromatic heterocycles. The molecule has 10 heteroatoms. The molecule has 0 saturated carbocycles. The van der Waals surface area contributed by atoms with Gasteiger partial charge in [0.1, 0.15) is 10.7 Å². The van der Waals surface area contributed by atoms with Gasteiger partial charge in [0.2, 0.25) is 15.5 Å². The van der Waals surface area contributed by atoms with E-state index in [0.717, 1.165) is 51.0 Å². The van der Waals surface area contributed by atoms with Gasteiger partial charge in [0.05, 0.1) is 5.39 Å². The van der Waals surface area contributed by atoms with Crippen molar-refractivity contribution in [3.8, 4) is 5.13 Å². The monoisotopic (exact) mass is 489 g/mol. The maximum Gasteiger partial charge on any atom is 0.248 e. The molecule has 0 aliphatic carbocycles. The van der Waals surface area contributed by atoms with Gasteiger partial charge in [0, 0.05) is 44.0 Å². The molecule has 2 saturated heterocycles. The number of fused-ring (bicyclic) bond motifs is 1. The molecule has 0 aromatic carbocycles. The minimum Gasteiger partial charge on any atom is -0.357 e. The van der Waals surface area contributed by atoms with Gasteiger partial charge in [-0.05, 0) is 44.2 Å². The molecule has 33 heavy (non-hydrogen) atoms. The van der Waals surface area contributed by atoms with Crippen LogP contribution in [0.1, 0.15) is 52.4 Å². The Kier molecular flexibility index (Phi) is 7.45. The van der Waals surface area contributed by atoms with E-state index in [1.807, 2.05) is 25.3 Å². The fraction of sp³-hybridized carbons (Fsp3) is 0.522. The Labute approximate surface area is 198 Å². The van der Waals surface area contributed by atoms with Crippen LogP contribution in [0.5, 0.6) is 0 Å². The molecule has 2 fully saturated rings. The Morgan fingerprint density at radius 1 is 0.939 bits per heavy atom. The highest BCUT2D eigenvalue weighted by Crippen LogP contribution is 2.26. The summed E-state index contributed by atoms with van der Waals surface area (Å²) in [6, 6.07) is 3.55. The number of aromatic nitrogens is 3. The zero-order valence-corrected chi connectivity index (χ0v) is 20.9. The molecule has 0 spiro atoms. The van der Waals surface area contributed by atoms with E-state index in [1.54, 1.807) is 16.8 Å². The zero-order chi connectivity index (χ0) is 23.4. The fourth-order valence-corrected chi connectivity index (χ4v) is 6.59. The van der Waals surface area contributed by atoms with Crippen LogP contribution in [-0.4, -0.2) is 53.4 Å². The number of nitrogens with zero attached hydrogens (tertiary/aromatic N) is 5. The molecular weight excluding hydrogens is 458 g/mol. The lowest BCUT2D eigenvalue weighted by Gasteiger charge is -2.28. The van der Waals surface area contributed by atoms with Crippen molar-refractivity contribution in [1.29, 1.82) is 0 Å². The van der Waals surface area contributed by atoms with E-state index in [-0.39, 0.29) is 4.90 Å². The average molecular weight is 490 g/mol. The summed E-state index contributed by atoms with van der Waals surface area (Å²) in [5.41, 5.74) is -0.0494. The van der Waals surface area contributed by atoms with E-state index in [1.165, 1.54) is 28.3 Å². The number of hydrogen-bond acceptors (Lipinski definition) is 7. The van der Waals surface area contributed by atoms with Gasteiger partial charge < -0.3 is 4.90 Å². The predicted octanol–water partition coefficient (Wildman–Crippen LogP) is 4.03. The Morgan fingerprint density at radius 2 is 1.61 bits per heavy atom. The molecule has 0 unspecified atom stereocenters. The van der Waals surface area contributed by atoms with Crippen molar-refractivity contribution in [2.24, 2.45) is 0 Å². The summed E-state index contributed by atoms with van der Waals surface area (Å²) < 4.78 is 29.8. The van der Waals surface area contributed by atoms with Gasteiger partial charge in [-0.1, -0.05) is 20.3 Å². The highest BCUT2D eigenvalue weighted by Gasteiger charge is 2.30. The van der Waals surface area contributed by atoms with E-state index in [0.29, 0.717) is 29.3 Å². The van der Waals surface area contributed by atoms with Gasteiger partial charge in [0.25, 0.3) is 0 Å². The molecule has 0 N–H and O–H groups in total. The molecule has 0 radical (unpaired) electrons. The molecule has 5 heterocycles. The number of anilines is 1. The van der Waals surface area contributed by atoms with Crippen molar-refractivity contribution < 1.29 is 8.42 Å². The highest BCUT2D eigenvalue weighted by atomic mass is 32.2. The number of piperidine rings is 2. The third kappa shape index (κ3) is 4.69. The standard InChI is InChI=1S/C21H25N5O3S2.C2H6/c27-19-16-7-8-18(24-10-3-1-4-11-24)23-20(16)26(21-22-9-14-30-21)15-17(19)31(28,29)25-12-5-2-6-13-25;1-2/h7-9,14-15H,1-6,10-13H2;1-2H3. The molecule has 0 amide bonds. The Morgan fingerprint density at radius 3 is 2.24 bits per heavy atom. The number of hydrogen-bond donors (Lipinski definition) is 0. The summed E-state index contributed by atoms with van der Waals surface area (Å²) >= 11 is 1.38. The van der Waals surface area contributed by atoms with Crippen molar-refractivity contribution in [3.05, 3.63) is 40.1 Å². The normalized spacial score (nSPS) is 17.6. The average Bonchev–Trinajstić information content (AvgIpc) is 3.41. The third-order valence-corrected chi connectivity index (χ3v) is 8.70. The quantitative estimate of drug-likeness (QED) is 0.550. The molecule has 178 valence electrons. The number of pyridine rings is 2. The van der Waals surface area contributed by atoms with Crippen LogP contribution in [0.15, 0.2) is 39.6 Å². The van der Waals surface area contributed by atoms with Crippen molar-refractivity contribution in [1.82, 2.24) is 18.8 Å². The van der Waals surface area contributed by atoms with Gasteiger partial charge in [0.15, 0.2) is 10.8 Å². The topological polar surface area (TPSA) is 88.4 Å². The molecule has 2 aliphatic heterocycles. The maximum absolute atomic E-state index is 13.4. The first kappa shape index (κ1) is 23.8. The second-order valence-electron chi connectivity index (χ2n) is 8.06. The van der Waals surface area contributed by atoms with E-state index >= 15 is 0 Å². The van der Waals surface area contributed by atoms with Crippen LogP contribution >= 0.6 is 11.3 Å². The Hall–Kier alpha value is -2.30. The Bertz CT molecular complexity index is 1240. The zero-order valence-electron chi connectivity index (χ0n) is 19.2. The summed E-state index contributed by atoms with van der Waals surface area (Å²) in [4.78, 5) is 24.5. The first-order chi connectivity index (χ1) is 16.1. The minimum absolute atomic E-state index is 0.204. The van der Waals surface area contributed by atoms with Crippen LogP contribution in [0.2, 0.25) is 0 Å². The fourth-order valence-electron chi connectivity index (χ4n) is 4.38. The summed E-state index contributed by atoms with van der Waals surface area (Å²) in [5.74, 6) is 0.809. The van der Waals surface area contributed by atoms with E-state index in [9.17, 15) is 13.2 Å². The van der Waals surface area contributed by atoms with E-state index < -0.39 is 15.5 Å². The Balaban J connectivity index is 0.00000126. The molecule has 8 nitrogen and oxygen atoms in total. The first-order valence-electron chi connectivity index (χ1n) is 11.8. The van der Waals surface area contributed by atoms with Crippen LogP contribution in [0.4, 0.5) is 5.82 Å². The van der Waals surface area contributed by atoms with Crippen LogP contribution in [0.25, 0.3) is 16.2 Å². The van der Waals surface area contributed by atoms with Gasteiger partial charge >= 0.3 is 0 Å². The predicted molar refractivity (Wildman–Crippen MR) is 133 cm³/mol. The van der Waals surface area contributed by atoms with Gasteiger partial charge in [-0.15, -0.1) is 11.3 Å². The number of rotatable bonds is 4. The molecule has 2 aliphatic rings. The molecule has 0 atom stereocenters. The first-order valence-corrected chi connectivity index (χ1v) is 14.1. The third-order valence-electron chi connectivity index (χ3n) is 6.04. The van der Waals surface area contributed by atoms with Gasteiger partial charge in [-0.2, -0.15) is 4.31 Å². The molecular formula is C23H31N5O3S2. The van der Waals surface area contributed by atoms with Gasteiger partial charge in [-0.3, -0.25) is 9.36 Å². The van der Waals surface area contributed by atoms with Crippen molar-refractivity contribution >= 4 is 38.2 Å². The summed E-state index contributed by atoms with van der Waals surface area (Å²) in [5, 5.41) is 2.71. The lowest BCUT2D eigenvalue weighted by atomic mass is 10.1. The lowest BCUT2D eigenvalue weighted by Crippen LogP contribution is -2.38. The van der Waals surface area contributed by atoms with Crippen molar-refractivity contribution in [2.45, 2.75) is 57.3 Å². The number of thiazole rings is 1. The molecule has 0 bridgehead atoms. The van der Waals surface area contributed by atoms with Crippen molar-refractivity contribution in [3.63, 3.8) is 0 Å². The smallest absolute Gasteiger partial charge is 0.248 e. The minimum atomic E-state index is -3.89. The van der Waals surface area contributed by atoms with Gasteiger partial charge in [-0.25, -0.2) is 18.4 Å². The second kappa shape index (κ2) is 10.3. The largest absolute Gasteiger partial charge is 0.357 e. The van der Waals surface area contributed by atoms with E-state index in [2.05, 4.69) is 9.88 Å². The lowest BCUT2D eigenvalue weighted by molar-refractivity contribution is 0.346. The molecule has 3 aromatic rings. The van der Waals surface area contributed by atoms with E-state index in [4.69, 9.17) is 4.98 Å². The summed E-state index contributed by atoms with van der Waals surface area (Å²) in [6.45, 7) is 6.76. The van der Waals surface area contributed by atoms with Crippen LogP contribution in [-0.2, 0) is 10.0 Å². The molecule has 5 rings (SSSR count). The van der Waals surface area contributed by atoms with Crippen LogP contribution in [0, 0.1) is 0 Å². The summed E-state index contributed by atoms with van der Waals surface area (Å²) in [7, 11) is -3.89. The highest BCUT2D eigenvalue weighted by molar-refractivity contribution is 7.89. The maximum atomic E-state index is 13.4. The van der Waals surface area contributed by atoms with Crippen molar-refractivity contribution in [2.75, 3.05) is 31.1 Å². The summed E-state index contributed by atoms with van der Waals surface area (Å²) in [6.07, 6.45) is 9.17. The van der Waals surface area contributed by atoms with Crippen LogP contribution < -0.4 is 10.3 Å². The second-order valence-corrected chi connectivity index (χ2v) is 10.8. The van der Waals surface area contributed by atoms with Crippen LogP contribution in [0.3, 0.4) is 0 Å². The number of sulfonamides is 1.